The third-order valence-electron chi connectivity index (χ3n) is 4.98. The van der Waals surface area contributed by atoms with E-state index in [9.17, 15) is 4.79 Å². The summed E-state index contributed by atoms with van der Waals surface area (Å²) >= 11 is 0. The van der Waals surface area contributed by atoms with Crippen LogP contribution in [0.5, 0.6) is 0 Å². The Morgan fingerprint density at radius 2 is 2.25 bits per heavy atom. The second kappa shape index (κ2) is 9.74. The molecule has 2 rings (SSSR count). The van der Waals surface area contributed by atoms with Crippen molar-refractivity contribution in [1.29, 1.82) is 0 Å². The van der Waals surface area contributed by atoms with Crippen LogP contribution in [-0.4, -0.2) is 60.1 Å². The number of aromatic nitrogens is 1. The summed E-state index contributed by atoms with van der Waals surface area (Å²) in [4.78, 5) is 21.2. The van der Waals surface area contributed by atoms with E-state index in [2.05, 4.69) is 23.0 Å². The topological polar surface area (TPSA) is 45.7 Å². The van der Waals surface area contributed by atoms with Crippen molar-refractivity contribution in [2.75, 3.05) is 27.2 Å². The molecule has 2 atom stereocenters. The number of likely N-dealkylation sites (tertiary alicyclic amines) is 1. The summed E-state index contributed by atoms with van der Waals surface area (Å²) in [5.41, 5.74) is 1.10. The normalized spacial score (nSPS) is 20.0. The average molecular weight is 333 g/mol. The molecule has 0 radical (unpaired) electrons. The molecule has 1 aliphatic rings. The second-order valence-electron chi connectivity index (χ2n) is 6.79. The summed E-state index contributed by atoms with van der Waals surface area (Å²) in [6, 6.07) is 6.57. The zero-order chi connectivity index (χ0) is 17.4. The van der Waals surface area contributed by atoms with Crippen LogP contribution in [0.2, 0.25) is 0 Å². The number of carbonyl (C=O) groups excluding carboxylic acids is 1. The maximum atomic E-state index is 12.4. The average Bonchev–Trinajstić information content (AvgIpc) is 2.86. The van der Waals surface area contributed by atoms with Crippen LogP contribution in [0.4, 0.5) is 0 Å². The maximum Gasteiger partial charge on any atom is 0.222 e. The van der Waals surface area contributed by atoms with Gasteiger partial charge in [0.15, 0.2) is 0 Å². The number of amides is 1. The van der Waals surface area contributed by atoms with Crippen LogP contribution >= 0.6 is 0 Å². The monoisotopic (exact) mass is 333 g/mol. The number of ether oxygens (including phenoxy) is 1. The van der Waals surface area contributed by atoms with E-state index in [0.717, 1.165) is 51.0 Å². The van der Waals surface area contributed by atoms with E-state index in [-0.39, 0.29) is 12.0 Å². The zero-order valence-corrected chi connectivity index (χ0v) is 15.3. The van der Waals surface area contributed by atoms with Crippen LogP contribution in [0.1, 0.15) is 44.7 Å². The first-order valence-corrected chi connectivity index (χ1v) is 9.01. The Hall–Kier alpha value is -1.46. The molecule has 0 bridgehead atoms. The molecule has 0 saturated carbocycles. The van der Waals surface area contributed by atoms with Gasteiger partial charge < -0.3 is 9.64 Å². The molecular weight excluding hydrogens is 302 g/mol. The van der Waals surface area contributed by atoms with Gasteiger partial charge in [0.25, 0.3) is 0 Å². The third kappa shape index (κ3) is 5.87. The predicted octanol–water partition coefficient (Wildman–Crippen LogP) is 2.71. The molecule has 1 aromatic heterocycles. The number of hydrogen-bond acceptors (Lipinski definition) is 4. The maximum absolute atomic E-state index is 12.4. The summed E-state index contributed by atoms with van der Waals surface area (Å²) in [5.74, 6) is 0.270. The smallest absolute Gasteiger partial charge is 0.222 e. The Labute approximate surface area is 146 Å². The lowest BCUT2D eigenvalue weighted by molar-refractivity contribution is -0.131. The minimum atomic E-state index is 0.151. The van der Waals surface area contributed by atoms with E-state index in [1.165, 1.54) is 0 Å². The minimum absolute atomic E-state index is 0.151. The highest BCUT2D eigenvalue weighted by Gasteiger charge is 2.23. The SMILES string of the molecule is COC(C)CCC(=O)N1CCCC(N(C)Cc2ccccn2)CC1. The zero-order valence-electron chi connectivity index (χ0n) is 15.3. The quantitative estimate of drug-likeness (QED) is 0.770. The summed E-state index contributed by atoms with van der Waals surface area (Å²) < 4.78 is 5.23. The van der Waals surface area contributed by atoms with Gasteiger partial charge in [-0.3, -0.25) is 14.7 Å². The Morgan fingerprint density at radius 1 is 1.42 bits per heavy atom. The number of nitrogens with zero attached hydrogens (tertiary/aromatic N) is 3. The minimum Gasteiger partial charge on any atom is -0.382 e. The fourth-order valence-electron chi connectivity index (χ4n) is 3.25. The fraction of sp³-hybridized carbons (Fsp3) is 0.684. The van der Waals surface area contributed by atoms with Crippen molar-refractivity contribution in [1.82, 2.24) is 14.8 Å². The van der Waals surface area contributed by atoms with E-state index in [1.807, 2.05) is 30.2 Å². The molecule has 0 N–H and O–H groups in total. The molecule has 0 spiro atoms. The van der Waals surface area contributed by atoms with Gasteiger partial charge in [-0.25, -0.2) is 0 Å². The number of hydrogen-bond donors (Lipinski definition) is 0. The summed E-state index contributed by atoms with van der Waals surface area (Å²) in [6.07, 6.45) is 6.63. The van der Waals surface area contributed by atoms with Gasteiger partial charge in [-0.1, -0.05) is 6.07 Å². The molecule has 0 aliphatic carbocycles. The van der Waals surface area contributed by atoms with Crippen molar-refractivity contribution in [2.45, 2.75) is 57.7 Å². The van der Waals surface area contributed by atoms with Crippen molar-refractivity contribution < 1.29 is 9.53 Å². The largest absolute Gasteiger partial charge is 0.382 e. The molecule has 1 saturated heterocycles. The van der Waals surface area contributed by atoms with E-state index in [0.29, 0.717) is 12.5 Å². The van der Waals surface area contributed by atoms with Gasteiger partial charge in [0.1, 0.15) is 0 Å². The van der Waals surface area contributed by atoms with Crippen LogP contribution in [-0.2, 0) is 16.1 Å². The molecule has 1 aliphatic heterocycles. The van der Waals surface area contributed by atoms with E-state index >= 15 is 0 Å². The van der Waals surface area contributed by atoms with Crippen molar-refractivity contribution in [3.63, 3.8) is 0 Å². The lowest BCUT2D eigenvalue weighted by Gasteiger charge is -2.27. The number of methoxy groups -OCH3 is 1. The first kappa shape index (κ1) is 18.9. The third-order valence-corrected chi connectivity index (χ3v) is 4.98. The first-order chi connectivity index (χ1) is 11.6. The highest BCUT2D eigenvalue weighted by atomic mass is 16.5. The van der Waals surface area contributed by atoms with Gasteiger partial charge in [0.2, 0.25) is 5.91 Å². The number of carbonyl (C=O) groups is 1. The second-order valence-corrected chi connectivity index (χ2v) is 6.79. The van der Waals surface area contributed by atoms with Gasteiger partial charge in [-0.2, -0.15) is 0 Å². The predicted molar refractivity (Wildman–Crippen MR) is 95.6 cm³/mol. The molecule has 1 fully saturated rings. The first-order valence-electron chi connectivity index (χ1n) is 9.01. The molecule has 1 amide bonds. The Morgan fingerprint density at radius 3 is 2.96 bits per heavy atom. The molecule has 0 aromatic carbocycles. The van der Waals surface area contributed by atoms with Gasteiger partial charge in [0, 0.05) is 45.4 Å². The summed E-state index contributed by atoms with van der Waals surface area (Å²) in [6.45, 7) is 4.62. The van der Waals surface area contributed by atoms with Gasteiger partial charge >= 0.3 is 0 Å². The molecule has 2 unspecified atom stereocenters. The highest BCUT2D eigenvalue weighted by molar-refractivity contribution is 5.76. The van der Waals surface area contributed by atoms with Crippen molar-refractivity contribution in [3.05, 3.63) is 30.1 Å². The van der Waals surface area contributed by atoms with E-state index in [4.69, 9.17) is 4.74 Å². The molecule has 5 heteroatoms. The van der Waals surface area contributed by atoms with Crippen LogP contribution in [0, 0.1) is 0 Å². The summed E-state index contributed by atoms with van der Waals surface area (Å²) in [7, 11) is 3.86. The van der Waals surface area contributed by atoms with Crippen molar-refractivity contribution >= 4 is 5.91 Å². The molecule has 5 nitrogen and oxygen atoms in total. The molecule has 1 aromatic rings. The Balaban J connectivity index is 1.80. The number of rotatable bonds is 7. The van der Waals surface area contributed by atoms with Crippen LogP contribution in [0.3, 0.4) is 0 Å². The fourth-order valence-corrected chi connectivity index (χ4v) is 3.25. The van der Waals surface area contributed by atoms with Gasteiger partial charge in [0.05, 0.1) is 11.8 Å². The van der Waals surface area contributed by atoms with Crippen molar-refractivity contribution in [3.8, 4) is 0 Å². The molecule has 134 valence electrons. The Kier molecular flexibility index (Phi) is 7.66. The van der Waals surface area contributed by atoms with Crippen LogP contribution in [0.15, 0.2) is 24.4 Å². The lowest BCUT2D eigenvalue weighted by Crippen LogP contribution is -2.35. The van der Waals surface area contributed by atoms with E-state index in [1.54, 1.807) is 7.11 Å². The standard InChI is InChI=1S/C19H31N3O2/c1-16(24-3)9-10-19(23)22-13-6-8-18(11-14-22)21(2)15-17-7-4-5-12-20-17/h4-5,7,12,16,18H,6,8-11,13-15H2,1-3H3. The van der Waals surface area contributed by atoms with Crippen LogP contribution in [0.25, 0.3) is 0 Å². The summed E-state index contributed by atoms with van der Waals surface area (Å²) in [5, 5.41) is 0. The molecule has 24 heavy (non-hydrogen) atoms. The van der Waals surface area contributed by atoms with Gasteiger partial charge in [-0.15, -0.1) is 0 Å². The molecular formula is C19H31N3O2. The van der Waals surface area contributed by atoms with E-state index < -0.39 is 0 Å². The van der Waals surface area contributed by atoms with Gasteiger partial charge in [-0.05, 0) is 51.8 Å². The van der Waals surface area contributed by atoms with Crippen molar-refractivity contribution in [2.24, 2.45) is 0 Å². The number of pyridine rings is 1. The Bertz CT molecular complexity index is 495. The molecule has 2 heterocycles. The highest BCUT2D eigenvalue weighted by Crippen LogP contribution is 2.18. The van der Waals surface area contributed by atoms with Crippen LogP contribution < -0.4 is 0 Å². The lowest BCUT2D eigenvalue weighted by atomic mass is 10.1.